The number of rotatable bonds is 4. The van der Waals surface area contributed by atoms with Crippen LogP contribution in [0.4, 0.5) is 0 Å². The summed E-state index contributed by atoms with van der Waals surface area (Å²) >= 11 is 0. The van der Waals surface area contributed by atoms with Crippen molar-refractivity contribution in [3.63, 3.8) is 0 Å². The van der Waals surface area contributed by atoms with E-state index in [0.717, 1.165) is 12.8 Å². The number of carbonyl (C=O) groups excluding carboxylic acids is 2. The maximum atomic E-state index is 12.4. The van der Waals surface area contributed by atoms with Gasteiger partial charge in [0.05, 0.1) is 12.5 Å². The van der Waals surface area contributed by atoms with Gasteiger partial charge in [0.15, 0.2) is 0 Å². The molecule has 21 heavy (non-hydrogen) atoms. The average molecular weight is 290 g/mol. The molecule has 1 N–H and O–H groups in total. The number of nitrogens with zero attached hydrogens (tertiary/aromatic N) is 2. The van der Waals surface area contributed by atoms with Gasteiger partial charge in [0, 0.05) is 32.2 Å². The molecule has 1 aliphatic heterocycles. The third kappa shape index (κ3) is 3.82. The molecule has 0 spiro atoms. The first kappa shape index (κ1) is 15.5. The van der Waals surface area contributed by atoms with E-state index in [1.807, 2.05) is 18.2 Å². The number of benzene rings is 1. The van der Waals surface area contributed by atoms with Crippen molar-refractivity contribution in [3.05, 3.63) is 35.9 Å². The van der Waals surface area contributed by atoms with Crippen molar-refractivity contribution >= 4 is 11.8 Å². The summed E-state index contributed by atoms with van der Waals surface area (Å²) in [4.78, 5) is 28.0. The van der Waals surface area contributed by atoms with Crippen LogP contribution >= 0.6 is 0 Å². The molecule has 1 saturated heterocycles. The normalized spacial score (nSPS) is 18.4. The Bertz CT molecular complexity index is 490. The van der Waals surface area contributed by atoms with Gasteiger partial charge < -0.3 is 14.9 Å². The van der Waals surface area contributed by atoms with Gasteiger partial charge in [-0.3, -0.25) is 9.59 Å². The van der Waals surface area contributed by atoms with Crippen LogP contribution in [0.25, 0.3) is 0 Å². The summed E-state index contributed by atoms with van der Waals surface area (Å²) < 4.78 is 0. The van der Waals surface area contributed by atoms with Crippen molar-refractivity contribution in [1.29, 1.82) is 0 Å². The van der Waals surface area contributed by atoms with Crippen molar-refractivity contribution < 1.29 is 14.7 Å². The predicted octanol–water partition coefficient (Wildman–Crippen LogP) is 0.989. The molecule has 1 aromatic rings. The van der Waals surface area contributed by atoms with Crippen LogP contribution in [0.5, 0.6) is 0 Å². The van der Waals surface area contributed by atoms with Crippen LogP contribution in [-0.4, -0.2) is 60.0 Å². The fraction of sp³-hybridized carbons (Fsp3) is 0.500. The topological polar surface area (TPSA) is 60.9 Å². The van der Waals surface area contributed by atoms with Gasteiger partial charge in [-0.1, -0.05) is 18.2 Å². The van der Waals surface area contributed by atoms with Crippen molar-refractivity contribution in [2.75, 3.05) is 33.3 Å². The number of likely N-dealkylation sites (N-methyl/N-ethyl adjacent to an activating group) is 1. The quantitative estimate of drug-likeness (QED) is 0.899. The summed E-state index contributed by atoms with van der Waals surface area (Å²) in [7, 11) is 1.69. The van der Waals surface area contributed by atoms with Gasteiger partial charge in [0.25, 0.3) is 5.91 Å². The van der Waals surface area contributed by atoms with E-state index in [9.17, 15) is 9.59 Å². The number of piperidine rings is 1. The van der Waals surface area contributed by atoms with E-state index >= 15 is 0 Å². The highest BCUT2D eigenvalue weighted by molar-refractivity contribution is 5.94. The molecule has 2 amide bonds. The molecule has 2 rings (SSSR count). The molecule has 1 aliphatic rings. The van der Waals surface area contributed by atoms with Crippen LogP contribution in [0.2, 0.25) is 0 Å². The van der Waals surface area contributed by atoms with Gasteiger partial charge in [-0.05, 0) is 25.0 Å². The second kappa shape index (κ2) is 7.22. The monoisotopic (exact) mass is 290 g/mol. The number of aliphatic hydroxyl groups excluding tert-OH is 1. The molecule has 0 radical (unpaired) electrons. The Hall–Kier alpha value is -1.88. The van der Waals surface area contributed by atoms with Crippen LogP contribution in [0.1, 0.15) is 23.2 Å². The highest BCUT2D eigenvalue weighted by Gasteiger charge is 2.30. The lowest BCUT2D eigenvalue weighted by Crippen LogP contribution is -2.46. The van der Waals surface area contributed by atoms with Crippen LogP contribution in [0, 0.1) is 5.92 Å². The fourth-order valence-electron chi connectivity index (χ4n) is 2.70. The standard InChI is InChI=1S/C16H22N2O3/c1-17(10-11-19)15(20)14-8-5-9-18(12-14)16(21)13-6-3-2-4-7-13/h2-4,6-7,14,19H,5,8-12H2,1H3. The first-order valence-corrected chi connectivity index (χ1v) is 7.33. The molecule has 0 bridgehead atoms. The number of hydrogen-bond acceptors (Lipinski definition) is 3. The van der Waals surface area contributed by atoms with E-state index < -0.39 is 0 Å². The molecule has 1 fully saturated rings. The summed E-state index contributed by atoms with van der Waals surface area (Å²) in [5.41, 5.74) is 0.661. The SMILES string of the molecule is CN(CCO)C(=O)C1CCCN(C(=O)c2ccccc2)C1. The van der Waals surface area contributed by atoms with Gasteiger partial charge in [-0.2, -0.15) is 0 Å². The lowest BCUT2D eigenvalue weighted by Gasteiger charge is -2.34. The third-order valence-electron chi connectivity index (χ3n) is 3.89. The Morgan fingerprint density at radius 3 is 2.71 bits per heavy atom. The molecule has 1 heterocycles. The minimum Gasteiger partial charge on any atom is -0.395 e. The zero-order chi connectivity index (χ0) is 15.2. The molecule has 1 atom stereocenters. The summed E-state index contributed by atoms with van der Waals surface area (Å²) in [5.74, 6) is -0.171. The summed E-state index contributed by atoms with van der Waals surface area (Å²) in [5, 5.41) is 8.91. The molecule has 0 saturated carbocycles. The highest BCUT2D eigenvalue weighted by Crippen LogP contribution is 2.20. The van der Waals surface area contributed by atoms with Gasteiger partial charge in [-0.15, -0.1) is 0 Å². The Balaban J connectivity index is 2.01. The van der Waals surface area contributed by atoms with E-state index in [0.29, 0.717) is 25.2 Å². The van der Waals surface area contributed by atoms with Crippen LogP contribution in [0.3, 0.4) is 0 Å². The summed E-state index contributed by atoms with van der Waals surface area (Å²) in [6, 6.07) is 9.16. The second-order valence-electron chi connectivity index (χ2n) is 5.44. The van der Waals surface area contributed by atoms with Crippen molar-refractivity contribution in [2.45, 2.75) is 12.8 Å². The highest BCUT2D eigenvalue weighted by atomic mass is 16.3. The first-order valence-electron chi connectivity index (χ1n) is 7.33. The molecule has 5 nitrogen and oxygen atoms in total. The molecule has 1 aromatic carbocycles. The number of likely N-dealkylation sites (tertiary alicyclic amines) is 1. The Morgan fingerprint density at radius 1 is 1.33 bits per heavy atom. The molecular formula is C16H22N2O3. The molecule has 0 aliphatic carbocycles. The van der Waals surface area contributed by atoms with Gasteiger partial charge in [0.1, 0.15) is 0 Å². The Kier molecular flexibility index (Phi) is 5.33. The Labute approximate surface area is 125 Å². The lowest BCUT2D eigenvalue weighted by atomic mass is 9.96. The summed E-state index contributed by atoms with van der Waals surface area (Å²) in [6.07, 6.45) is 1.63. The molecule has 114 valence electrons. The van der Waals surface area contributed by atoms with Gasteiger partial charge >= 0.3 is 0 Å². The maximum Gasteiger partial charge on any atom is 0.253 e. The molecule has 5 heteroatoms. The van der Waals surface area contributed by atoms with E-state index in [-0.39, 0.29) is 24.3 Å². The number of amides is 2. The van der Waals surface area contributed by atoms with E-state index in [1.165, 1.54) is 0 Å². The van der Waals surface area contributed by atoms with E-state index in [4.69, 9.17) is 5.11 Å². The van der Waals surface area contributed by atoms with E-state index in [2.05, 4.69) is 0 Å². The zero-order valence-corrected chi connectivity index (χ0v) is 12.4. The first-order chi connectivity index (χ1) is 10.1. The number of aliphatic hydroxyl groups is 1. The van der Waals surface area contributed by atoms with Crippen LogP contribution in [0.15, 0.2) is 30.3 Å². The smallest absolute Gasteiger partial charge is 0.253 e. The van der Waals surface area contributed by atoms with Crippen LogP contribution in [-0.2, 0) is 4.79 Å². The largest absolute Gasteiger partial charge is 0.395 e. The van der Waals surface area contributed by atoms with Crippen LogP contribution < -0.4 is 0 Å². The predicted molar refractivity (Wildman–Crippen MR) is 79.8 cm³/mol. The maximum absolute atomic E-state index is 12.4. The average Bonchev–Trinajstić information content (AvgIpc) is 2.54. The van der Waals surface area contributed by atoms with Crippen molar-refractivity contribution in [3.8, 4) is 0 Å². The van der Waals surface area contributed by atoms with Gasteiger partial charge in [-0.25, -0.2) is 0 Å². The Morgan fingerprint density at radius 2 is 2.05 bits per heavy atom. The molecule has 1 unspecified atom stereocenters. The van der Waals surface area contributed by atoms with Gasteiger partial charge in [0.2, 0.25) is 5.91 Å². The van der Waals surface area contributed by atoms with Crippen molar-refractivity contribution in [1.82, 2.24) is 9.80 Å². The third-order valence-corrected chi connectivity index (χ3v) is 3.89. The fourth-order valence-corrected chi connectivity index (χ4v) is 2.70. The lowest BCUT2D eigenvalue weighted by molar-refractivity contribution is -0.136. The number of hydrogen-bond donors (Lipinski definition) is 1. The second-order valence-corrected chi connectivity index (χ2v) is 5.44. The summed E-state index contributed by atoms with van der Waals surface area (Å²) in [6.45, 7) is 1.45. The molecular weight excluding hydrogens is 268 g/mol. The minimum atomic E-state index is -0.164. The zero-order valence-electron chi connectivity index (χ0n) is 12.4. The van der Waals surface area contributed by atoms with E-state index in [1.54, 1.807) is 29.0 Å². The number of carbonyl (C=O) groups is 2. The minimum absolute atomic E-state index is 0.00890. The molecule has 0 aromatic heterocycles. The van der Waals surface area contributed by atoms with Crippen molar-refractivity contribution in [2.24, 2.45) is 5.92 Å².